The zero-order valence-electron chi connectivity index (χ0n) is 20.3. The average Bonchev–Trinajstić information content (AvgIpc) is 2.92. The monoisotopic (exact) mass is 449 g/mol. The van der Waals surface area contributed by atoms with E-state index in [1.54, 1.807) is 16.7 Å². The third kappa shape index (κ3) is 2.85. The Hall–Kier alpha value is -3.70. The fourth-order valence-corrected chi connectivity index (χ4v) is 6.97. The van der Waals surface area contributed by atoms with Crippen LogP contribution in [0.25, 0.3) is 17.2 Å². The molecule has 0 radical (unpaired) electrons. The Balaban J connectivity index is 1.62. The van der Waals surface area contributed by atoms with Crippen molar-refractivity contribution in [1.29, 1.82) is 0 Å². The Kier molecular flexibility index (Phi) is 4.68. The molecule has 0 aromatic heterocycles. The second kappa shape index (κ2) is 7.93. The van der Waals surface area contributed by atoms with E-state index in [0.717, 1.165) is 49.7 Å². The van der Waals surface area contributed by atoms with Crippen LogP contribution < -0.4 is 10.3 Å². The van der Waals surface area contributed by atoms with Crippen molar-refractivity contribution in [2.45, 2.75) is 45.4 Å². The third-order valence-corrected chi connectivity index (χ3v) is 8.34. The predicted molar refractivity (Wildman–Crippen MR) is 149 cm³/mol. The highest BCUT2D eigenvalue weighted by Crippen LogP contribution is 2.52. The van der Waals surface area contributed by atoms with Gasteiger partial charge in [-0.05, 0) is 89.8 Å². The van der Waals surface area contributed by atoms with E-state index in [1.807, 2.05) is 0 Å². The molecule has 0 saturated heterocycles. The van der Waals surface area contributed by atoms with Crippen LogP contribution in [0.1, 0.15) is 56.6 Å². The van der Waals surface area contributed by atoms with E-state index in [0.29, 0.717) is 0 Å². The molecule has 5 aliphatic rings. The highest BCUT2D eigenvalue weighted by molar-refractivity contribution is 6.86. The number of terminal acetylenes is 1. The van der Waals surface area contributed by atoms with Crippen LogP contribution >= 0.6 is 0 Å². The highest BCUT2D eigenvalue weighted by Gasteiger charge is 2.46. The number of allylic oxidation sites excluding steroid dienone is 10. The lowest BCUT2D eigenvalue weighted by atomic mass is 9.41. The molecule has 2 aromatic carbocycles. The summed E-state index contributed by atoms with van der Waals surface area (Å²) in [6.45, 7) is 2.23. The second-order valence-corrected chi connectivity index (χ2v) is 10.1. The van der Waals surface area contributed by atoms with E-state index in [9.17, 15) is 0 Å². The fraction of sp³-hybridized carbons (Fsp3) is 0.212. The summed E-state index contributed by atoms with van der Waals surface area (Å²) in [7, 11) is 0. The Labute approximate surface area is 209 Å². The van der Waals surface area contributed by atoms with Gasteiger partial charge in [0.05, 0.1) is 11.3 Å². The first-order chi connectivity index (χ1) is 17.3. The lowest BCUT2D eigenvalue weighted by Gasteiger charge is -2.48. The summed E-state index contributed by atoms with van der Waals surface area (Å²) in [5, 5.41) is 0. The molecular formula is C33H28BN. The molecule has 0 saturated carbocycles. The van der Waals surface area contributed by atoms with Gasteiger partial charge in [0.25, 0.3) is 0 Å². The summed E-state index contributed by atoms with van der Waals surface area (Å²) >= 11 is 0. The van der Waals surface area contributed by atoms with Crippen LogP contribution in [-0.4, -0.2) is 6.85 Å². The first kappa shape index (κ1) is 20.7. The molecule has 168 valence electrons. The maximum Gasteiger partial charge on any atom is 0.329 e. The molecular weight excluding hydrogens is 421 g/mol. The molecule has 2 aliphatic heterocycles. The molecule has 2 aromatic rings. The summed E-state index contributed by atoms with van der Waals surface area (Å²) in [6, 6.07) is 13.5. The lowest BCUT2D eigenvalue weighted by Crippen LogP contribution is -2.56. The smallest absolute Gasteiger partial charge is 0.329 e. The Bertz CT molecular complexity index is 1510. The maximum absolute atomic E-state index is 6.30. The van der Waals surface area contributed by atoms with Gasteiger partial charge in [-0.3, -0.25) is 0 Å². The van der Waals surface area contributed by atoms with E-state index < -0.39 is 0 Å². The number of fused-ring (bicyclic) bond motifs is 10. The molecule has 2 heteroatoms. The van der Waals surface area contributed by atoms with Crippen LogP contribution in [-0.2, 0) is 0 Å². The molecule has 3 aliphatic carbocycles. The van der Waals surface area contributed by atoms with Gasteiger partial charge in [-0.1, -0.05) is 78.8 Å². The molecule has 0 atom stereocenters. The van der Waals surface area contributed by atoms with E-state index in [-0.39, 0.29) is 6.85 Å². The van der Waals surface area contributed by atoms with E-state index in [2.05, 4.69) is 90.5 Å². The van der Waals surface area contributed by atoms with Crippen molar-refractivity contribution in [1.82, 2.24) is 0 Å². The minimum absolute atomic E-state index is 0.162. The number of hydrogen-bond acceptors (Lipinski definition) is 1. The van der Waals surface area contributed by atoms with E-state index in [1.165, 1.54) is 39.0 Å². The van der Waals surface area contributed by atoms with Gasteiger partial charge in [0.15, 0.2) is 0 Å². The largest absolute Gasteiger partial charge is 0.375 e. The van der Waals surface area contributed by atoms with Crippen LogP contribution in [0, 0.1) is 12.3 Å². The fourth-order valence-electron chi connectivity index (χ4n) is 6.97. The summed E-state index contributed by atoms with van der Waals surface area (Å²) in [4.78, 5) is 2.66. The van der Waals surface area contributed by atoms with E-state index in [4.69, 9.17) is 6.42 Å². The Morgan fingerprint density at radius 3 is 2.57 bits per heavy atom. The number of rotatable bonds is 1. The minimum atomic E-state index is 0.162. The first-order valence-corrected chi connectivity index (χ1v) is 13.0. The van der Waals surface area contributed by atoms with Gasteiger partial charge in [-0.25, -0.2) is 0 Å². The molecule has 0 amide bonds. The van der Waals surface area contributed by atoms with Crippen LogP contribution in [0.5, 0.6) is 0 Å². The predicted octanol–water partition coefficient (Wildman–Crippen LogP) is 7.28. The average molecular weight is 449 g/mol. The number of benzene rings is 2. The van der Waals surface area contributed by atoms with Crippen LogP contribution in [0.3, 0.4) is 0 Å². The third-order valence-electron chi connectivity index (χ3n) is 8.34. The summed E-state index contributed by atoms with van der Waals surface area (Å²) in [6.07, 6.45) is 26.8. The number of anilines is 1. The van der Waals surface area contributed by atoms with Crippen molar-refractivity contribution >= 4 is 24.1 Å². The molecule has 0 spiro atoms. The SMILES string of the molecule is C#Cc1c(/C=C\C)ccc2c1N1B(C3=C(CCC=C3)C3=C1C1=C(C=CCC1)CC3)c1ccccc1-2. The Morgan fingerprint density at radius 2 is 1.71 bits per heavy atom. The molecule has 7 rings (SSSR count). The van der Waals surface area contributed by atoms with Crippen LogP contribution in [0.2, 0.25) is 0 Å². The van der Waals surface area contributed by atoms with Crippen LogP contribution in [0.4, 0.5) is 5.69 Å². The van der Waals surface area contributed by atoms with Crippen molar-refractivity contribution in [3.8, 4) is 23.5 Å². The maximum atomic E-state index is 6.30. The van der Waals surface area contributed by atoms with Crippen molar-refractivity contribution in [3.63, 3.8) is 0 Å². The van der Waals surface area contributed by atoms with Crippen LogP contribution in [0.15, 0.2) is 100 Å². The van der Waals surface area contributed by atoms with Gasteiger partial charge in [0.1, 0.15) is 0 Å². The van der Waals surface area contributed by atoms with Gasteiger partial charge in [0, 0.05) is 11.3 Å². The molecule has 0 fully saturated rings. The zero-order valence-corrected chi connectivity index (χ0v) is 20.3. The summed E-state index contributed by atoms with van der Waals surface area (Å²) < 4.78 is 0. The van der Waals surface area contributed by atoms with Gasteiger partial charge in [0.2, 0.25) is 0 Å². The van der Waals surface area contributed by atoms with Gasteiger partial charge in [-0.15, -0.1) is 6.42 Å². The summed E-state index contributed by atoms with van der Waals surface area (Å²) in [5.41, 5.74) is 16.5. The van der Waals surface area contributed by atoms with Crippen molar-refractivity contribution in [2.75, 3.05) is 4.81 Å². The second-order valence-electron chi connectivity index (χ2n) is 10.1. The number of nitrogens with zero attached hydrogens (tertiary/aromatic N) is 1. The van der Waals surface area contributed by atoms with Crippen molar-refractivity contribution in [2.24, 2.45) is 0 Å². The Morgan fingerprint density at radius 1 is 0.886 bits per heavy atom. The van der Waals surface area contributed by atoms with Crippen molar-refractivity contribution < 1.29 is 0 Å². The zero-order chi connectivity index (χ0) is 23.5. The van der Waals surface area contributed by atoms with Gasteiger partial charge >= 0.3 is 6.85 Å². The van der Waals surface area contributed by atoms with E-state index >= 15 is 0 Å². The lowest BCUT2D eigenvalue weighted by molar-refractivity contribution is 0.797. The normalized spacial score (nSPS) is 19.8. The molecule has 0 bridgehead atoms. The molecule has 1 nitrogen and oxygen atoms in total. The molecule has 2 heterocycles. The standard InChI is InChI=1S/C33H28BN/c1-3-11-22-18-20-28-26-14-7-9-16-30(26)34-31-17-10-8-15-27(31)29-21-19-23-12-5-6-13-25(23)33(29)35(34)32(28)24(22)4-2/h2-3,5,7,9-12,14,16-18,20H,6,8,13,15,19,21H2,1H3/b11-3-. The van der Waals surface area contributed by atoms with Gasteiger partial charge < -0.3 is 4.81 Å². The minimum Gasteiger partial charge on any atom is -0.375 e. The quantitative estimate of drug-likeness (QED) is 0.327. The first-order valence-electron chi connectivity index (χ1n) is 13.0. The molecule has 0 N–H and O–H groups in total. The highest BCUT2D eigenvalue weighted by atomic mass is 15.1. The molecule has 35 heavy (non-hydrogen) atoms. The summed E-state index contributed by atoms with van der Waals surface area (Å²) in [5.74, 6) is 3.13. The molecule has 0 unspecified atom stereocenters. The van der Waals surface area contributed by atoms with Gasteiger partial charge in [-0.2, -0.15) is 0 Å². The number of hydrogen-bond donors (Lipinski definition) is 0. The topological polar surface area (TPSA) is 3.24 Å². The van der Waals surface area contributed by atoms with Crippen molar-refractivity contribution in [3.05, 3.63) is 111 Å².